The van der Waals surface area contributed by atoms with E-state index in [1.807, 2.05) is 19.9 Å². The first-order valence-corrected chi connectivity index (χ1v) is 10.7. The molecule has 6 nitrogen and oxygen atoms in total. The van der Waals surface area contributed by atoms with E-state index in [9.17, 15) is 13.2 Å². The van der Waals surface area contributed by atoms with Gasteiger partial charge < -0.3 is 10.1 Å². The molecule has 1 N–H and O–H groups in total. The van der Waals surface area contributed by atoms with Crippen molar-refractivity contribution in [1.82, 2.24) is 5.32 Å². The molecule has 148 valence electrons. The summed E-state index contributed by atoms with van der Waals surface area (Å²) in [6.07, 6.45) is -0.689. The lowest BCUT2D eigenvalue weighted by Crippen LogP contribution is -2.45. The molecular formula is C21H24N2O4S. The maximum atomic E-state index is 12.9. The number of carbonyl (C=O) groups is 1. The van der Waals surface area contributed by atoms with Crippen molar-refractivity contribution in [2.24, 2.45) is 5.92 Å². The quantitative estimate of drug-likeness (QED) is 0.761. The summed E-state index contributed by atoms with van der Waals surface area (Å²) in [7, 11) is -3.55. The van der Waals surface area contributed by atoms with Gasteiger partial charge >= 0.3 is 6.09 Å². The van der Waals surface area contributed by atoms with Crippen LogP contribution in [0.25, 0.3) is 0 Å². The second-order valence-electron chi connectivity index (χ2n) is 6.90. The molecule has 0 aromatic heterocycles. The summed E-state index contributed by atoms with van der Waals surface area (Å²) < 4.78 is 31.0. The van der Waals surface area contributed by atoms with Gasteiger partial charge in [0.25, 0.3) is 0 Å². The summed E-state index contributed by atoms with van der Waals surface area (Å²) in [5, 5.41) is 10.8. The Kier molecular flexibility index (Phi) is 7.18. The minimum atomic E-state index is -3.55. The van der Waals surface area contributed by atoms with Crippen molar-refractivity contribution < 1.29 is 17.9 Å². The van der Waals surface area contributed by atoms with Gasteiger partial charge in [-0.3, -0.25) is 0 Å². The fourth-order valence-corrected chi connectivity index (χ4v) is 4.44. The van der Waals surface area contributed by atoms with Crippen LogP contribution in [-0.4, -0.2) is 26.3 Å². The van der Waals surface area contributed by atoms with E-state index in [4.69, 9.17) is 10.00 Å². The minimum absolute atomic E-state index is 0.105. The molecule has 0 radical (unpaired) electrons. The number of para-hydroxylation sites is 1. The number of nitriles is 1. The number of hydrogen-bond acceptors (Lipinski definition) is 5. The van der Waals surface area contributed by atoms with Gasteiger partial charge in [-0.2, -0.15) is 5.26 Å². The summed E-state index contributed by atoms with van der Waals surface area (Å²) in [5.74, 6) is 0.0676. The zero-order valence-corrected chi connectivity index (χ0v) is 16.9. The molecular weight excluding hydrogens is 376 g/mol. The number of benzene rings is 2. The van der Waals surface area contributed by atoms with Crippen molar-refractivity contribution in [3.63, 3.8) is 0 Å². The van der Waals surface area contributed by atoms with Gasteiger partial charge in [0.15, 0.2) is 9.84 Å². The Morgan fingerprint density at radius 1 is 1.07 bits per heavy atom. The maximum absolute atomic E-state index is 12.9. The lowest BCUT2D eigenvalue weighted by molar-refractivity contribution is 0.193. The summed E-state index contributed by atoms with van der Waals surface area (Å²) in [5.41, 5.74) is 1.08. The van der Waals surface area contributed by atoms with Crippen molar-refractivity contribution in [3.05, 3.63) is 65.7 Å². The Hall–Kier alpha value is -2.85. The van der Waals surface area contributed by atoms with Gasteiger partial charge in [-0.05, 0) is 42.7 Å². The number of ether oxygens (including phenoxy) is 1. The largest absolute Gasteiger partial charge is 0.412 e. The molecule has 0 heterocycles. The normalized spacial score (nSPS) is 13.4. The molecule has 0 spiro atoms. The van der Waals surface area contributed by atoms with E-state index in [-0.39, 0.29) is 11.7 Å². The van der Waals surface area contributed by atoms with E-state index in [1.165, 1.54) is 0 Å². The van der Waals surface area contributed by atoms with E-state index in [0.717, 1.165) is 0 Å². The number of nitrogens with zero attached hydrogens (tertiary/aromatic N) is 1. The molecule has 0 fully saturated rings. The number of sulfone groups is 1. The van der Waals surface area contributed by atoms with Gasteiger partial charge in [0.1, 0.15) is 5.75 Å². The van der Waals surface area contributed by atoms with Crippen LogP contribution in [0, 0.1) is 17.2 Å². The van der Waals surface area contributed by atoms with Crippen molar-refractivity contribution in [2.45, 2.75) is 32.1 Å². The Morgan fingerprint density at radius 2 is 1.68 bits per heavy atom. The van der Waals surface area contributed by atoms with Crippen LogP contribution >= 0.6 is 0 Å². The van der Waals surface area contributed by atoms with Gasteiger partial charge in [0, 0.05) is 6.04 Å². The standard InChI is InChI=1S/C21H24N2O4S/c1-15(2)20(23-21(24)27-19-7-5-4-6-8-19)14-28(25,26)16(3)18-11-9-17(13-22)10-12-18/h4-12,15-16,20H,14H2,1-3H3,(H,23,24)/t16-,20+/m0/s1. The Labute approximate surface area is 166 Å². The summed E-state index contributed by atoms with van der Waals surface area (Å²) >= 11 is 0. The highest BCUT2D eigenvalue weighted by atomic mass is 32.2. The molecule has 0 aliphatic carbocycles. The van der Waals surface area contributed by atoms with Crippen molar-refractivity contribution in [3.8, 4) is 11.8 Å². The van der Waals surface area contributed by atoms with Gasteiger partial charge in [-0.25, -0.2) is 13.2 Å². The summed E-state index contributed by atoms with van der Waals surface area (Å²) in [6, 6.07) is 16.5. The number of nitrogens with one attached hydrogen (secondary N) is 1. The van der Waals surface area contributed by atoms with Crippen LogP contribution in [0.1, 0.15) is 37.1 Å². The first-order chi connectivity index (χ1) is 13.2. The smallest absolute Gasteiger partial charge is 0.410 e. The van der Waals surface area contributed by atoms with Crippen molar-refractivity contribution >= 4 is 15.9 Å². The molecule has 7 heteroatoms. The number of hydrogen-bond donors (Lipinski definition) is 1. The van der Waals surface area contributed by atoms with Crippen molar-refractivity contribution in [2.75, 3.05) is 5.75 Å². The third kappa shape index (κ3) is 5.83. The van der Waals surface area contributed by atoms with Crippen LogP contribution in [0.3, 0.4) is 0 Å². The zero-order chi connectivity index (χ0) is 20.7. The molecule has 2 aromatic rings. The Bertz CT molecular complexity index is 933. The van der Waals surface area contributed by atoms with Crippen LogP contribution in [0.2, 0.25) is 0 Å². The highest BCUT2D eigenvalue weighted by molar-refractivity contribution is 7.91. The van der Waals surface area contributed by atoms with Crippen LogP contribution in [0.5, 0.6) is 5.75 Å². The fraction of sp³-hybridized carbons (Fsp3) is 0.333. The average molecular weight is 401 g/mol. The minimum Gasteiger partial charge on any atom is -0.410 e. The Balaban J connectivity index is 2.08. The van der Waals surface area contributed by atoms with Crippen LogP contribution in [-0.2, 0) is 9.84 Å². The fourth-order valence-electron chi connectivity index (χ4n) is 2.61. The molecule has 0 bridgehead atoms. The van der Waals surface area contributed by atoms with Gasteiger partial charge in [0.2, 0.25) is 0 Å². The van der Waals surface area contributed by atoms with Gasteiger partial charge in [-0.15, -0.1) is 0 Å². The molecule has 0 unspecified atom stereocenters. The van der Waals surface area contributed by atoms with Crippen LogP contribution < -0.4 is 10.1 Å². The monoisotopic (exact) mass is 400 g/mol. The zero-order valence-electron chi connectivity index (χ0n) is 16.1. The third-order valence-corrected chi connectivity index (χ3v) is 6.69. The van der Waals surface area contributed by atoms with E-state index in [1.54, 1.807) is 61.5 Å². The number of carbonyl (C=O) groups excluding carboxylic acids is 1. The SMILES string of the molecule is CC(C)[C@@H](CS(=O)(=O)[C@@H](C)c1ccc(C#N)cc1)NC(=O)Oc1ccccc1. The lowest BCUT2D eigenvalue weighted by Gasteiger charge is -2.24. The molecule has 0 aliphatic heterocycles. The molecule has 1 amide bonds. The highest BCUT2D eigenvalue weighted by Gasteiger charge is 2.29. The van der Waals surface area contributed by atoms with Crippen LogP contribution in [0.15, 0.2) is 54.6 Å². The molecule has 28 heavy (non-hydrogen) atoms. The van der Waals surface area contributed by atoms with Crippen molar-refractivity contribution in [1.29, 1.82) is 5.26 Å². The molecule has 2 atom stereocenters. The number of rotatable bonds is 7. The summed E-state index contributed by atoms with van der Waals surface area (Å²) in [4.78, 5) is 12.2. The lowest BCUT2D eigenvalue weighted by atomic mass is 10.1. The van der Waals surface area contributed by atoms with Gasteiger partial charge in [0.05, 0.1) is 22.6 Å². The second-order valence-corrected chi connectivity index (χ2v) is 9.27. The van der Waals surface area contributed by atoms with E-state index < -0.39 is 27.2 Å². The van der Waals surface area contributed by atoms with E-state index in [2.05, 4.69) is 5.32 Å². The van der Waals surface area contributed by atoms with E-state index in [0.29, 0.717) is 16.9 Å². The average Bonchev–Trinajstić information content (AvgIpc) is 2.67. The van der Waals surface area contributed by atoms with E-state index >= 15 is 0 Å². The maximum Gasteiger partial charge on any atom is 0.412 e. The third-order valence-electron chi connectivity index (χ3n) is 4.52. The molecule has 0 saturated carbocycles. The molecule has 0 aliphatic rings. The molecule has 0 saturated heterocycles. The number of amides is 1. The first kappa shape index (κ1) is 21.5. The molecule has 2 rings (SSSR count). The summed E-state index contributed by atoms with van der Waals surface area (Å²) in [6.45, 7) is 5.29. The molecule has 2 aromatic carbocycles. The second kappa shape index (κ2) is 9.38. The highest BCUT2D eigenvalue weighted by Crippen LogP contribution is 2.24. The Morgan fingerprint density at radius 3 is 2.21 bits per heavy atom. The topological polar surface area (TPSA) is 96.3 Å². The predicted molar refractivity (Wildman–Crippen MR) is 108 cm³/mol. The predicted octanol–water partition coefficient (Wildman–Crippen LogP) is 3.85. The first-order valence-electron chi connectivity index (χ1n) is 8.98. The van der Waals surface area contributed by atoms with Gasteiger partial charge in [-0.1, -0.05) is 44.2 Å². The van der Waals surface area contributed by atoms with Crippen LogP contribution in [0.4, 0.5) is 4.79 Å².